The average molecular weight is 518 g/mol. The summed E-state index contributed by atoms with van der Waals surface area (Å²) in [5, 5.41) is 3.12. The minimum Gasteiger partial charge on any atom is -0.380 e. The van der Waals surface area contributed by atoms with Gasteiger partial charge in [-0.25, -0.2) is 17.2 Å². The second-order valence-electron chi connectivity index (χ2n) is 9.08. The fourth-order valence-electron chi connectivity index (χ4n) is 4.74. The summed E-state index contributed by atoms with van der Waals surface area (Å²) in [6.07, 6.45) is -2.74. The van der Waals surface area contributed by atoms with Crippen molar-refractivity contribution in [2.75, 3.05) is 23.9 Å². The number of nitrogens with one attached hydrogen (secondary N) is 1. The summed E-state index contributed by atoms with van der Waals surface area (Å²) in [6.45, 7) is 0. The van der Waals surface area contributed by atoms with E-state index in [1.54, 1.807) is 0 Å². The maximum atomic E-state index is 13.9. The summed E-state index contributed by atoms with van der Waals surface area (Å²) in [5.74, 6) is -3.88. The largest absolute Gasteiger partial charge is 0.414 e. The lowest BCUT2D eigenvalue weighted by molar-refractivity contribution is -0.191. The average Bonchev–Trinajstić information content (AvgIpc) is 3.14. The number of nitrogens with zero attached hydrogens (tertiary/aromatic N) is 2. The van der Waals surface area contributed by atoms with Crippen LogP contribution >= 0.6 is 0 Å². The summed E-state index contributed by atoms with van der Waals surface area (Å²) >= 11 is 0. The van der Waals surface area contributed by atoms with Crippen molar-refractivity contribution in [2.24, 2.45) is 5.92 Å². The highest BCUT2D eigenvalue weighted by Crippen LogP contribution is 2.38. The Morgan fingerprint density at radius 1 is 1.09 bits per heavy atom. The minimum atomic E-state index is -4.80. The molecule has 1 aromatic carbocycles. The number of amides is 1. The Bertz CT molecular complexity index is 1170. The van der Waals surface area contributed by atoms with Crippen LogP contribution in [0.4, 0.5) is 27.6 Å². The molecule has 1 aromatic heterocycles. The van der Waals surface area contributed by atoms with Crippen LogP contribution in [0.1, 0.15) is 35.7 Å². The van der Waals surface area contributed by atoms with Crippen LogP contribution in [0.5, 0.6) is 0 Å². The van der Waals surface area contributed by atoms with Crippen LogP contribution in [-0.4, -0.2) is 55.0 Å². The number of carbonyl (C=O) groups is 1. The van der Waals surface area contributed by atoms with Gasteiger partial charge in [0.15, 0.2) is 17.7 Å². The van der Waals surface area contributed by atoms with Crippen LogP contribution < -0.4 is 5.32 Å². The molecular formula is C23H24F5N3O3S. The number of halogens is 5. The van der Waals surface area contributed by atoms with E-state index in [1.165, 1.54) is 18.3 Å². The lowest BCUT2D eigenvalue weighted by atomic mass is 9.99. The molecule has 1 aliphatic heterocycles. The van der Waals surface area contributed by atoms with E-state index in [9.17, 15) is 35.2 Å². The second kappa shape index (κ2) is 9.36. The molecule has 1 N–H and O–H groups in total. The van der Waals surface area contributed by atoms with Gasteiger partial charge in [-0.3, -0.25) is 9.78 Å². The number of sulfone groups is 1. The third kappa shape index (κ3) is 5.57. The van der Waals surface area contributed by atoms with E-state index in [-0.39, 0.29) is 36.1 Å². The van der Waals surface area contributed by atoms with Crippen molar-refractivity contribution in [1.82, 2.24) is 9.88 Å². The van der Waals surface area contributed by atoms with Crippen LogP contribution in [0.25, 0.3) is 0 Å². The van der Waals surface area contributed by atoms with Gasteiger partial charge in [0.2, 0.25) is 5.91 Å². The van der Waals surface area contributed by atoms with E-state index in [2.05, 4.69) is 10.3 Å². The zero-order chi connectivity index (χ0) is 25.5. The number of pyridine rings is 1. The highest BCUT2D eigenvalue weighted by atomic mass is 32.2. The molecule has 2 heterocycles. The van der Waals surface area contributed by atoms with E-state index in [0.717, 1.165) is 19.2 Å². The fraction of sp³-hybridized carbons (Fsp3) is 0.478. The molecule has 0 radical (unpaired) electrons. The van der Waals surface area contributed by atoms with E-state index < -0.39 is 45.5 Å². The molecule has 1 fully saturated rings. The van der Waals surface area contributed by atoms with E-state index in [4.69, 9.17) is 0 Å². The van der Waals surface area contributed by atoms with E-state index >= 15 is 0 Å². The first-order valence-electron chi connectivity index (χ1n) is 11.1. The molecule has 1 unspecified atom stereocenters. The van der Waals surface area contributed by atoms with Gasteiger partial charge < -0.3 is 10.2 Å². The zero-order valence-corrected chi connectivity index (χ0v) is 19.6. The first-order valence-corrected chi connectivity index (χ1v) is 12.9. The van der Waals surface area contributed by atoms with Crippen molar-refractivity contribution < 1.29 is 35.2 Å². The molecule has 0 spiro atoms. The van der Waals surface area contributed by atoms with Gasteiger partial charge in [-0.2, -0.15) is 13.2 Å². The van der Waals surface area contributed by atoms with Crippen LogP contribution in [-0.2, 0) is 27.5 Å². The van der Waals surface area contributed by atoms with Gasteiger partial charge in [0.1, 0.15) is 9.84 Å². The van der Waals surface area contributed by atoms with Gasteiger partial charge in [0.05, 0.1) is 29.1 Å². The first kappa shape index (κ1) is 25.3. The maximum absolute atomic E-state index is 13.9. The minimum absolute atomic E-state index is 0.00997. The highest BCUT2D eigenvalue weighted by molar-refractivity contribution is 7.91. The highest BCUT2D eigenvalue weighted by Gasteiger charge is 2.47. The third-order valence-electron chi connectivity index (χ3n) is 6.56. The Morgan fingerprint density at radius 3 is 2.14 bits per heavy atom. The number of alkyl halides is 3. The number of aromatic nitrogens is 1. The van der Waals surface area contributed by atoms with Crippen molar-refractivity contribution in [3.05, 3.63) is 58.9 Å². The lowest BCUT2D eigenvalue weighted by Crippen LogP contribution is -2.44. The number of carbonyl (C=O) groups excluding carboxylic acids is 1. The SMILES string of the molecule is CN(C(=O)C1CCS(=O)(=O)CC1)C(c1ccc(NC2Cc3cc(F)c(F)cc3C2)cn1)C(F)(F)F. The molecule has 1 saturated heterocycles. The Balaban J connectivity index is 1.46. The third-order valence-corrected chi connectivity index (χ3v) is 8.28. The molecule has 1 atom stereocenters. The molecule has 1 aliphatic carbocycles. The van der Waals surface area contributed by atoms with Crippen LogP contribution in [0.2, 0.25) is 0 Å². The van der Waals surface area contributed by atoms with Gasteiger partial charge >= 0.3 is 6.18 Å². The smallest absolute Gasteiger partial charge is 0.380 e. The Kier molecular flexibility index (Phi) is 6.78. The predicted molar refractivity (Wildman–Crippen MR) is 118 cm³/mol. The van der Waals surface area contributed by atoms with Gasteiger partial charge in [-0.15, -0.1) is 0 Å². The Labute approximate surface area is 199 Å². The molecule has 2 aromatic rings. The standard InChI is InChI=1S/C23H24F5N3O3S/c1-31(22(32)13-4-6-35(33,34)7-5-13)21(23(26,27)28)20-3-2-16(12-29-20)30-17-8-14-10-18(24)19(25)11-15(14)9-17/h2-3,10-13,17,21,30H,4-9H2,1H3. The molecule has 35 heavy (non-hydrogen) atoms. The molecule has 4 rings (SSSR count). The van der Waals surface area contributed by atoms with Crippen LogP contribution in [0.3, 0.4) is 0 Å². The summed E-state index contributed by atoms with van der Waals surface area (Å²) in [5.41, 5.74) is 1.39. The molecular weight excluding hydrogens is 493 g/mol. The number of benzene rings is 1. The zero-order valence-electron chi connectivity index (χ0n) is 18.8. The van der Waals surface area contributed by atoms with Crippen molar-refractivity contribution in [3.8, 4) is 0 Å². The molecule has 6 nitrogen and oxygen atoms in total. The summed E-state index contributed by atoms with van der Waals surface area (Å²) in [6, 6.07) is 2.40. The first-order chi connectivity index (χ1) is 16.3. The van der Waals surface area contributed by atoms with Crippen LogP contribution in [0.15, 0.2) is 30.5 Å². The summed E-state index contributed by atoms with van der Waals surface area (Å²) in [4.78, 5) is 17.3. The Hall–Kier alpha value is -2.76. The second-order valence-corrected chi connectivity index (χ2v) is 11.4. The van der Waals surface area contributed by atoms with Gasteiger partial charge in [-0.1, -0.05) is 0 Å². The van der Waals surface area contributed by atoms with E-state index in [0.29, 0.717) is 34.6 Å². The van der Waals surface area contributed by atoms with Gasteiger partial charge in [-0.05, 0) is 61.1 Å². The van der Waals surface area contributed by atoms with Crippen LogP contribution in [0, 0.1) is 17.6 Å². The maximum Gasteiger partial charge on any atom is 0.414 e. The van der Waals surface area contributed by atoms with Crippen molar-refractivity contribution in [3.63, 3.8) is 0 Å². The summed E-state index contributed by atoms with van der Waals surface area (Å²) in [7, 11) is -2.21. The number of hydrogen-bond acceptors (Lipinski definition) is 5. The molecule has 0 bridgehead atoms. The van der Waals surface area contributed by atoms with Crippen molar-refractivity contribution in [1.29, 1.82) is 0 Å². The van der Waals surface area contributed by atoms with E-state index in [1.807, 2.05) is 0 Å². The lowest BCUT2D eigenvalue weighted by Gasteiger charge is -2.33. The summed E-state index contributed by atoms with van der Waals surface area (Å²) < 4.78 is 92.0. The number of rotatable bonds is 5. The predicted octanol–water partition coefficient (Wildman–Crippen LogP) is 3.83. The quantitative estimate of drug-likeness (QED) is 0.610. The number of hydrogen-bond donors (Lipinski definition) is 1. The topological polar surface area (TPSA) is 79.4 Å². The molecule has 190 valence electrons. The molecule has 12 heteroatoms. The normalized spacial score (nSPS) is 19.3. The molecule has 1 amide bonds. The molecule has 0 saturated carbocycles. The van der Waals surface area contributed by atoms with Gasteiger partial charge in [0, 0.05) is 19.0 Å². The molecule has 2 aliphatic rings. The fourth-order valence-corrected chi connectivity index (χ4v) is 6.23. The Morgan fingerprint density at radius 2 is 1.66 bits per heavy atom. The van der Waals surface area contributed by atoms with Crippen molar-refractivity contribution >= 4 is 21.4 Å². The number of anilines is 1. The van der Waals surface area contributed by atoms with Crippen molar-refractivity contribution in [2.45, 2.75) is 43.9 Å². The van der Waals surface area contributed by atoms with Gasteiger partial charge in [0.25, 0.3) is 0 Å². The number of fused-ring (bicyclic) bond motifs is 1. The monoisotopic (exact) mass is 517 g/mol.